The molecule has 104 valence electrons. The van der Waals surface area contributed by atoms with E-state index in [4.69, 9.17) is 15.2 Å². The molecule has 2 rings (SSSR count). The average molecular weight is 256 g/mol. The van der Waals surface area contributed by atoms with Gasteiger partial charge in [-0.05, 0) is 33.6 Å². The van der Waals surface area contributed by atoms with Gasteiger partial charge in [-0.2, -0.15) is 0 Å². The van der Waals surface area contributed by atoms with Crippen LogP contribution in [0, 0.1) is 5.41 Å². The summed E-state index contributed by atoms with van der Waals surface area (Å²) in [5.41, 5.74) is 5.60. The Bertz CT molecular complexity index is 332. The van der Waals surface area contributed by atoms with Gasteiger partial charge in [-0.15, -0.1) is 0 Å². The monoisotopic (exact) mass is 256 g/mol. The molecule has 5 heteroatoms. The van der Waals surface area contributed by atoms with Crippen molar-refractivity contribution < 1.29 is 14.3 Å². The zero-order chi connectivity index (χ0) is 13.4. The maximum absolute atomic E-state index is 12.2. The Labute approximate surface area is 108 Å². The van der Waals surface area contributed by atoms with Crippen LogP contribution in [0.4, 0.5) is 0 Å². The van der Waals surface area contributed by atoms with E-state index in [1.807, 2.05) is 20.8 Å². The first-order valence-corrected chi connectivity index (χ1v) is 6.69. The highest BCUT2D eigenvalue weighted by Gasteiger charge is 2.43. The molecule has 1 heterocycles. The Balaban J connectivity index is 1.82. The van der Waals surface area contributed by atoms with Crippen LogP contribution in [0.25, 0.3) is 0 Å². The van der Waals surface area contributed by atoms with Gasteiger partial charge in [0.1, 0.15) is 6.10 Å². The van der Waals surface area contributed by atoms with Crippen LogP contribution in [-0.2, 0) is 14.3 Å². The van der Waals surface area contributed by atoms with E-state index >= 15 is 0 Å². The lowest BCUT2D eigenvalue weighted by Crippen LogP contribution is -2.49. The van der Waals surface area contributed by atoms with E-state index in [2.05, 4.69) is 5.32 Å². The van der Waals surface area contributed by atoms with E-state index in [9.17, 15) is 4.79 Å². The minimum Gasteiger partial charge on any atom is -0.353 e. The molecule has 1 aliphatic carbocycles. The molecule has 0 bridgehead atoms. The van der Waals surface area contributed by atoms with Gasteiger partial charge in [0.25, 0.3) is 0 Å². The van der Waals surface area contributed by atoms with Crippen molar-refractivity contribution in [3.63, 3.8) is 0 Å². The second-order valence-corrected chi connectivity index (χ2v) is 6.08. The number of hydrogen-bond acceptors (Lipinski definition) is 4. The molecule has 2 fully saturated rings. The summed E-state index contributed by atoms with van der Waals surface area (Å²) in [6, 6.07) is -0.0327. The number of rotatable bonds is 3. The van der Waals surface area contributed by atoms with Crippen LogP contribution in [-0.4, -0.2) is 37.0 Å². The predicted molar refractivity (Wildman–Crippen MR) is 67.8 cm³/mol. The first-order valence-electron chi connectivity index (χ1n) is 6.69. The van der Waals surface area contributed by atoms with Crippen molar-refractivity contribution in [3.05, 3.63) is 0 Å². The van der Waals surface area contributed by atoms with Crippen molar-refractivity contribution >= 4 is 5.91 Å². The first-order chi connectivity index (χ1) is 8.33. The lowest BCUT2D eigenvalue weighted by atomic mass is 9.84. The minimum atomic E-state index is -0.539. The Hall–Kier alpha value is -0.650. The first kappa shape index (κ1) is 13.8. The van der Waals surface area contributed by atoms with Crippen LogP contribution >= 0.6 is 0 Å². The lowest BCUT2D eigenvalue weighted by molar-refractivity contribution is -0.141. The van der Waals surface area contributed by atoms with E-state index < -0.39 is 11.2 Å². The van der Waals surface area contributed by atoms with Crippen LogP contribution in [0.15, 0.2) is 0 Å². The molecule has 1 aliphatic heterocycles. The average Bonchev–Trinajstić information content (AvgIpc) is 2.80. The molecule has 3 N–H and O–H groups in total. The van der Waals surface area contributed by atoms with Gasteiger partial charge in [-0.1, -0.05) is 6.42 Å². The fraction of sp³-hybridized carbons (Fsp3) is 0.923. The van der Waals surface area contributed by atoms with Gasteiger partial charge >= 0.3 is 0 Å². The highest BCUT2D eigenvalue weighted by atomic mass is 16.7. The summed E-state index contributed by atoms with van der Waals surface area (Å²) in [4.78, 5) is 12.2. The van der Waals surface area contributed by atoms with Crippen molar-refractivity contribution in [2.75, 3.05) is 13.2 Å². The third kappa shape index (κ3) is 2.68. The van der Waals surface area contributed by atoms with Crippen molar-refractivity contribution in [3.8, 4) is 0 Å². The molecule has 0 aromatic rings. The van der Waals surface area contributed by atoms with Gasteiger partial charge in [0, 0.05) is 12.6 Å². The Morgan fingerprint density at radius 3 is 2.67 bits per heavy atom. The number of amides is 1. The van der Waals surface area contributed by atoms with Crippen LogP contribution < -0.4 is 11.1 Å². The number of hydrogen-bond donors (Lipinski definition) is 2. The summed E-state index contributed by atoms with van der Waals surface area (Å²) >= 11 is 0. The summed E-state index contributed by atoms with van der Waals surface area (Å²) in [5, 5.41) is 2.95. The highest BCUT2D eigenvalue weighted by molar-refractivity contribution is 5.83. The summed E-state index contributed by atoms with van der Waals surface area (Å²) in [7, 11) is 0. The molecule has 3 unspecified atom stereocenters. The predicted octanol–water partition coefficient (Wildman–Crippen LogP) is 0.772. The lowest BCUT2D eigenvalue weighted by Gasteiger charge is -2.28. The molecule has 2 aliphatic rings. The van der Waals surface area contributed by atoms with Crippen molar-refractivity contribution in [2.45, 2.75) is 58.0 Å². The zero-order valence-electron chi connectivity index (χ0n) is 11.5. The van der Waals surface area contributed by atoms with Gasteiger partial charge in [-0.3, -0.25) is 4.79 Å². The van der Waals surface area contributed by atoms with Crippen LogP contribution in [0.3, 0.4) is 0 Å². The molecule has 0 aromatic heterocycles. The maximum atomic E-state index is 12.2. The third-order valence-corrected chi connectivity index (χ3v) is 4.11. The molecule has 5 nitrogen and oxygen atoms in total. The van der Waals surface area contributed by atoms with Gasteiger partial charge in [0.15, 0.2) is 5.79 Å². The topological polar surface area (TPSA) is 73.6 Å². The van der Waals surface area contributed by atoms with E-state index in [0.717, 1.165) is 19.3 Å². The largest absolute Gasteiger partial charge is 0.353 e. The molecule has 18 heavy (non-hydrogen) atoms. The van der Waals surface area contributed by atoms with Crippen LogP contribution in [0.5, 0.6) is 0 Å². The standard InChI is InChI=1S/C13H24N2O3/c1-12(2)17-8-9(18-12)7-15-11(16)13(3)6-4-5-10(13)14/h9-10H,4-8,14H2,1-3H3,(H,15,16). The molecule has 0 aromatic carbocycles. The zero-order valence-corrected chi connectivity index (χ0v) is 11.5. The highest BCUT2D eigenvalue weighted by Crippen LogP contribution is 2.36. The molecular weight excluding hydrogens is 232 g/mol. The molecule has 0 radical (unpaired) electrons. The fourth-order valence-corrected chi connectivity index (χ4v) is 2.75. The van der Waals surface area contributed by atoms with E-state index in [-0.39, 0.29) is 18.1 Å². The second kappa shape index (κ2) is 4.79. The van der Waals surface area contributed by atoms with E-state index in [0.29, 0.717) is 13.2 Å². The SMILES string of the molecule is CC1(C)OCC(CNC(=O)C2(C)CCCC2N)O1. The Kier molecular flexibility index (Phi) is 3.67. The number of nitrogens with one attached hydrogen (secondary N) is 1. The third-order valence-electron chi connectivity index (χ3n) is 4.11. The Morgan fingerprint density at radius 1 is 1.44 bits per heavy atom. The van der Waals surface area contributed by atoms with Crippen molar-refractivity contribution in [1.29, 1.82) is 0 Å². The van der Waals surface area contributed by atoms with Crippen molar-refractivity contribution in [2.24, 2.45) is 11.1 Å². The molecule has 0 spiro atoms. The molecule has 3 atom stereocenters. The van der Waals surface area contributed by atoms with Gasteiger partial charge in [0.05, 0.1) is 12.0 Å². The van der Waals surface area contributed by atoms with Crippen molar-refractivity contribution in [1.82, 2.24) is 5.32 Å². The second-order valence-electron chi connectivity index (χ2n) is 6.08. The van der Waals surface area contributed by atoms with E-state index in [1.54, 1.807) is 0 Å². The summed E-state index contributed by atoms with van der Waals surface area (Å²) < 4.78 is 11.1. The van der Waals surface area contributed by atoms with Gasteiger partial charge in [-0.25, -0.2) is 0 Å². The van der Waals surface area contributed by atoms with Gasteiger partial charge in [0.2, 0.25) is 5.91 Å². The maximum Gasteiger partial charge on any atom is 0.227 e. The minimum absolute atomic E-state index is 0.0327. The molecule has 1 saturated carbocycles. The Morgan fingerprint density at radius 2 is 2.17 bits per heavy atom. The quantitative estimate of drug-likeness (QED) is 0.782. The van der Waals surface area contributed by atoms with Crippen LogP contribution in [0.2, 0.25) is 0 Å². The normalized spacial score (nSPS) is 38.9. The fourth-order valence-electron chi connectivity index (χ4n) is 2.75. The van der Waals surface area contributed by atoms with Crippen LogP contribution in [0.1, 0.15) is 40.0 Å². The smallest absolute Gasteiger partial charge is 0.227 e. The van der Waals surface area contributed by atoms with E-state index in [1.165, 1.54) is 0 Å². The summed E-state index contributed by atoms with van der Waals surface area (Å²) in [6.07, 6.45) is 2.76. The molecule has 1 amide bonds. The van der Waals surface area contributed by atoms with Gasteiger partial charge < -0.3 is 20.5 Å². The molecular formula is C13H24N2O3. The molecule has 1 saturated heterocycles. The number of nitrogens with two attached hydrogens (primary N) is 1. The number of carbonyl (C=O) groups excluding carboxylic acids is 1. The number of carbonyl (C=O) groups is 1. The summed E-state index contributed by atoms with van der Waals surface area (Å²) in [6.45, 7) is 6.72. The number of ether oxygens (including phenoxy) is 2. The summed E-state index contributed by atoms with van der Waals surface area (Å²) in [5.74, 6) is -0.496.